The fourth-order valence-corrected chi connectivity index (χ4v) is 2.44. The third kappa shape index (κ3) is 2.80. The van der Waals surface area contributed by atoms with E-state index in [0.29, 0.717) is 0 Å². The van der Waals surface area contributed by atoms with Crippen LogP contribution in [-0.2, 0) is 9.59 Å². The molecule has 0 atom stereocenters. The van der Waals surface area contributed by atoms with Crippen LogP contribution in [-0.4, -0.2) is 11.8 Å². The van der Waals surface area contributed by atoms with Gasteiger partial charge in [-0.05, 0) is 18.3 Å². The predicted octanol–water partition coefficient (Wildman–Crippen LogP) is 2.36. The zero-order chi connectivity index (χ0) is 12.2. The molecule has 0 bridgehead atoms. The van der Waals surface area contributed by atoms with Crippen molar-refractivity contribution in [3.05, 3.63) is 0 Å². The normalized spacial score (nSPS) is 12.0. The van der Waals surface area contributed by atoms with Crippen LogP contribution in [0, 0.1) is 17.3 Å². The molecule has 0 saturated carbocycles. The van der Waals surface area contributed by atoms with Gasteiger partial charge in [0.2, 0.25) is 11.8 Å². The van der Waals surface area contributed by atoms with Crippen LogP contribution in [0.25, 0.3) is 0 Å². The summed E-state index contributed by atoms with van der Waals surface area (Å²) in [5, 5.41) is 2.42. The molecule has 0 radical (unpaired) electrons. The number of amides is 2. The highest BCUT2D eigenvalue weighted by molar-refractivity contribution is 5.97. The van der Waals surface area contributed by atoms with Gasteiger partial charge in [-0.15, -0.1) is 0 Å². The fourth-order valence-electron chi connectivity index (χ4n) is 2.44. The lowest BCUT2D eigenvalue weighted by Gasteiger charge is -2.38. The van der Waals surface area contributed by atoms with Crippen molar-refractivity contribution < 1.29 is 9.59 Å². The van der Waals surface area contributed by atoms with Crippen molar-refractivity contribution in [2.45, 2.75) is 48.0 Å². The molecule has 0 aromatic carbocycles. The molecule has 0 heterocycles. The minimum atomic E-state index is -0.439. The van der Waals surface area contributed by atoms with Gasteiger partial charge < -0.3 is 0 Å². The Balaban J connectivity index is 5.07. The van der Waals surface area contributed by atoms with Crippen LogP contribution in [0.3, 0.4) is 0 Å². The van der Waals surface area contributed by atoms with Crippen molar-refractivity contribution in [2.75, 3.05) is 0 Å². The molecule has 2 amide bonds. The first-order chi connectivity index (χ1) is 6.78. The van der Waals surface area contributed by atoms with Gasteiger partial charge in [0.05, 0.1) is 5.41 Å². The second-order valence-electron chi connectivity index (χ2n) is 4.71. The van der Waals surface area contributed by atoms with Crippen LogP contribution < -0.4 is 5.32 Å². The zero-order valence-electron chi connectivity index (χ0n) is 10.7. The molecule has 0 aromatic rings. The molecular formula is C12H23NO2. The molecular weight excluding hydrogens is 190 g/mol. The molecule has 3 heteroatoms. The Bertz CT molecular complexity index is 236. The summed E-state index contributed by atoms with van der Waals surface area (Å²) in [7, 11) is 0. The number of imide groups is 1. The first-order valence-electron chi connectivity index (χ1n) is 5.61. The Morgan fingerprint density at radius 2 is 1.53 bits per heavy atom. The van der Waals surface area contributed by atoms with Crippen LogP contribution in [0.5, 0.6) is 0 Å². The Hall–Kier alpha value is -0.860. The summed E-state index contributed by atoms with van der Waals surface area (Å²) in [6.07, 6.45) is 0.751. The zero-order valence-corrected chi connectivity index (χ0v) is 10.7. The number of rotatable bonds is 4. The first kappa shape index (κ1) is 14.1. The van der Waals surface area contributed by atoms with E-state index in [2.05, 4.69) is 5.32 Å². The monoisotopic (exact) mass is 213 g/mol. The molecule has 88 valence electrons. The molecule has 0 aliphatic heterocycles. The second kappa shape index (κ2) is 5.29. The van der Waals surface area contributed by atoms with Gasteiger partial charge in [-0.2, -0.15) is 0 Å². The van der Waals surface area contributed by atoms with Gasteiger partial charge in [0.25, 0.3) is 0 Å². The van der Waals surface area contributed by atoms with Gasteiger partial charge in [-0.3, -0.25) is 14.9 Å². The van der Waals surface area contributed by atoms with Crippen molar-refractivity contribution in [2.24, 2.45) is 17.3 Å². The fraction of sp³-hybridized carbons (Fsp3) is 0.833. The molecule has 3 nitrogen and oxygen atoms in total. The summed E-state index contributed by atoms with van der Waals surface area (Å²) in [5.74, 6) is 0.0327. The van der Waals surface area contributed by atoms with Crippen molar-refractivity contribution in [3.8, 4) is 0 Å². The predicted molar refractivity (Wildman–Crippen MR) is 61.2 cm³/mol. The lowest BCUT2D eigenvalue weighted by Crippen LogP contribution is -2.49. The third-order valence-electron chi connectivity index (χ3n) is 3.36. The van der Waals surface area contributed by atoms with Gasteiger partial charge in [0, 0.05) is 6.92 Å². The molecule has 0 aliphatic carbocycles. The van der Waals surface area contributed by atoms with E-state index in [0.717, 1.165) is 6.42 Å². The number of nitrogens with one attached hydrogen (secondary N) is 1. The molecule has 0 fully saturated rings. The average Bonchev–Trinajstić information content (AvgIpc) is 2.02. The molecule has 0 aliphatic rings. The van der Waals surface area contributed by atoms with Gasteiger partial charge in [-0.1, -0.05) is 34.6 Å². The summed E-state index contributed by atoms with van der Waals surface area (Å²) in [6, 6.07) is 0. The van der Waals surface area contributed by atoms with Gasteiger partial charge in [0.1, 0.15) is 0 Å². The highest BCUT2D eigenvalue weighted by Gasteiger charge is 2.42. The van der Waals surface area contributed by atoms with E-state index < -0.39 is 5.41 Å². The van der Waals surface area contributed by atoms with E-state index in [9.17, 15) is 9.59 Å². The lowest BCUT2D eigenvalue weighted by atomic mass is 9.66. The summed E-state index contributed by atoms with van der Waals surface area (Å²) < 4.78 is 0. The van der Waals surface area contributed by atoms with E-state index in [1.54, 1.807) is 0 Å². The molecule has 0 spiro atoms. The maximum Gasteiger partial charge on any atom is 0.233 e. The molecule has 0 saturated heterocycles. The standard InChI is InChI=1S/C12H23NO2/c1-7-12(8(2)3,9(4)5)11(15)13-10(6)14/h8-9H,7H2,1-6H3,(H,13,14,15). The van der Waals surface area contributed by atoms with Gasteiger partial charge in [-0.25, -0.2) is 0 Å². The molecule has 0 rings (SSSR count). The maximum absolute atomic E-state index is 12.1. The summed E-state index contributed by atoms with van der Waals surface area (Å²) in [6.45, 7) is 11.5. The minimum Gasteiger partial charge on any atom is -0.296 e. The minimum absolute atomic E-state index is 0.137. The van der Waals surface area contributed by atoms with Crippen LogP contribution in [0.4, 0.5) is 0 Å². The molecule has 0 unspecified atom stereocenters. The molecule has 1 N–H and O–H groups in total. The van der Waals surface area contributed by atoms with Crippen molar-refractivity contribution >= 4 is 11.8 Å². The van der Waals surface area contributed by atoms with Gasteiger partial charge in [0.15, 0.2) is 0 Å². The van der Waals surface area contributed by atoms with E-state index in [-0.39, 0.29) is 23.7 Å². The van der Waals surface area contributed by atoms with Crippen molar-refractivity contribution in [1.82, 2.24) is 5.32 Å². The number of carbonyl (C=O) groups excluding carboxylic acids is 2. The highest BCUT2D eigenvalue weighted by Crippen LogP contribution is 2.39. The van der Waals surface area contributed by atoms with E-state index in [4.69, 9.17) is 0 Å². The van der Waals surface area contributed by atoms with Crippen LogP contribution in [0.1, 0.15) is 48.0 Å². The Morgan fingerprint density at radius 3 is 1.73 bits per heavy atom. The molecule has 0 aromatic heterocycles. The quantitative estimate of drug-likeness (QED) is 0.779. The smallest absolute Gasteiger partial charge is 0.233 e. The lowest BCUT2D eigenvalue weighted by molar-refractivity contribution is -0.141. The SMILES string of the molecule is CCC(C(=O)NC(C)=O)(C(C)C)C(C)C. The van der Waals surface area contributed by atoms with Gasteiger partial charge >= 0.3 is 0 Å². The van der Waals surface area contributed by atoms with Crippen LogP contribution in [0.15, 0.2) is 0 Å². The maximum atomic E-state index is 12.1. The summed E-state index contributed by atoms with van der Waals surface area (Å²) >= 11 is 0. The molecule has 15 heavy (non-hydrogen) atoms. The van der Waals surface area contributed by atoms with Crippen molar-refractivity contribution in [1.29, 1.82) is 0 Å². The van der Waals surface area contributed by atoms with Crippen LogP contribution in [0.2, 0.25) is 0 Å². The van der Waals surface area contributed by atoms with E-state index >= 15 is 0 Å². The average molecular weight is 213 g/mol. The Kier molecular flexibility index (Phi) is 4.98. The number of hydrogen-bond donors (Lipinski definition) is 1. The van der Waals surface area contributed by atoms with E-state index in [1.807, 2.05) is 34.6 Å². The summed E-state index contributed by atoms with van der Waals surface area (Å²) in [5.41, 5.74) is -0.439. The van der Waals surface area contributed by atoms with Crippen molar-refractivity contribution in [3.63, 3.8) is 0 Å². The second-order valence-corrected chi connectivity index (χ2v) is 4.71. The third-order valence-corrected chi connectivity index (χ3v) is 3.36. The topological polar surface area (TPSA) is 46.2 Å². The summed E-state index contributed by atoms with van der Waals surface area (Å²) in [4.78, 5) is 23.0. The Morgan fingerprint density at radius 1 is 1.13 bits per heavy atom. The number of hydrogen-bond acceptors (Lipinski definition) is 2. The first-order valence-corrected chi connectivity index (χ1v) is 5.61. The Labute approximate surface area is 92.6 Å². The van der Waals surface area contributed by atoms with Crippen LogP contribution >= 0.6 is 0 Å². The highest BCUT2D eigenvalue weighted by atomic mass is 16.2. The largest absolute Gasteiger partial charge is 0.296 e. The number of carbonyl (C=O) groups is 2. The van der Waals surface area contributed by atoms with E-state index in [1.165, 1.54) is 6.92 Å².